The van der Waals surface area contributed by atoms with Gasteiger partial charge in [-0.25, -0.2) is 13.8 Å². The average Bonchev–Trinajstić information content (AvgIpc) is 3.09. The van der Waals surface area contributed by atoms with Crippen molar-refractivity contribution in [1.29, 1.82) is 0 Å². The van der Waals surface area contributed by atoms with E-state index in [0.717, 1.165) is 52.4 Å². The Kier molecular flexibility index (Phi) is 5.14. The third-order valence-electron chi connectivity index (χ3n) is 6.40. The van der Waals surface area contributed by atoms with Gasteiger partial charge in [0.15, 0.2) is 0 Å². The zero-order valence-electron chi connectivity index (χ0n) is 18.9. The fraction of sp³-hybridized carbons (Fsp3) is 0.417. The number of nitrogens with one attached hydrogen (secondary N) is 1. The molecule has 1 saturated carbocycles. The summed E-state index contributed by atoms with van der Waals surface area (Å²) in [6.45, 7) is 5.36. The molecule has 7 nitrogen and oxygen atoms in total. The van der Waals surface area contributed by atoms with Crippen molar-refractivity contribution in [2.75, 3.05) is 11.4 Å². The standard InChI is InChI=1S/C24H26F2N6O/c1-14-6-17(23(33)29-19-8-24(25,26)9-19)11-28-22(14)32-5-4-21-18(12-32)7-16(10-27-21)20-13-31(3)30-15(20)2/h6-7,10-11,13,19H,4-5,8-9,12H2,1-3H3,(H,29,33). The van der Waals surface area contributed by atoms with Crippen LogP contribution >= 0.6 is 0 Å². The van der Waals surface area contributed by atoms with Crippen LogP contribution in [0.4, 0.5) is 14.6 Å². The molecule has 0 atom stereocenters. The number of carbonyl (C=O) groups is 1. The number of aryl methyl sites for hydroxylation is 3. The molecule has 0 unspecified atom stereocenters. The van der Waals surface area contributed by atoms with E-state index < -0.39 is 12.0 Å². The Hall–Kier alpha value is -3.36. The number of alkyl halides is 2. The highest BCUT2D eigenvalue weighted by Crippen LogP contribution is 2.37. The van der Waals surface area contributed by atoms with Gasteiger partial charge in [-0.05, 0) is 37.1 Å². The van der Waals surface area contributed by atoms with Gasteiger partial charge in [-0.3, -0.25) is 14.5 Å². The molecule has 33 heavy (non-hydrogen) atoms. The van der Waals surface area contributed by atoms with Crippen molar-refractivity contribution in [3.05, 3.63) is 58.8 Å². The van der Waals surface area contributed by atoms with Gasteiger partial charge < -0.3 is 10.2 Å². The molecular formula is C24H26F2N6O. The molecule has 9 heteroatoms. The van der Waals surface area contributed by atoms with Gasteiger partial charge in [0, 0.05) is 80.9 Å². The Balaban J connectivity index is 1.32. The molecule has 0 aromatic carbocycles. The van der Waals surface area contributed by atoms with Gasteiger partial charge in [0.05, 0.1) is 11.3 Å². The number of halogens is 2. The first-order valence-electron chi connectivity index (χ1n) is 11.1. The van der Waals surface area contributed by atoms with Gasteiger partial charge >= 0.3 is 0 Å². The Morgan fingerprint density at radius 1 is 1.18 bits per heavy atom. The van der Waals surface area contributed by atoms with Crippen molar-refractivity contribution >= 4 is 11.7 Å². The second kappa shape index (κ2) is 7.90. The highest BCUT2D eigenvalue weighted by molar-refractivity contribution is 5.94. The fourth-order valence-corrected chi connectivity index (χ4v) is 4.69. The molecule has 1 N–H and O–H groups in total. The van der Waals surface area contributed by atoms with Gasteiger partial charge in [0.2, 0.25) is 0 Å². The van der Waals surface area contributed by atoms with Crippen molar-refractivity contribution < 1.29 is 13.6 Å². The second-order valence-corrected chi connectivity index (χ2v) is 9.10. The zero-order valence-corrected chi connectivity index (χ0v) is 18.9. The molecule has 1 aliphatic heterocycles. The van der Waals surface area contributed by atoms with Crippen LogP contribution in [-0.2, 0) is 20.0 Å². The smallest absolute Gasteiger partial charge is 0.253 e. The number of anilines is 1. The predicted molar refractivity (Wildman–Crippen MR) is 120 cm³/mol. The Bertz CT molecular complexity index is 1230. The minimum Gasteiger partial charge on any atom is -0.352 e. The van der Waals surface area contributed by atoms with Crippen LogP contribution in [0.15, 0.2) is 30.7 Å². The van der Waals surface area contributed by atoms with Gasteiger partial charge in [-0.1, -0.05) is 0 Å². The average molecular weight is 453 g/mol. The van der Waals surface area contributed by atoms with Gasteiger partial charge in [0.25, 0.3) is 11.8 Å². The van der Waals surface area contributed by atoms with Crippen LogP contribution in [0.25, 0.3) is 11.1 Å². The van der Waals surface area contributed by atoms with Crippen molar-refractivity contribution in [3.8, 4) is 11.1 Å². The summed E-state index contributed by atoms with van der Waals surface area (Å²) in [6.07, 6.45) is 5.64. The third-order valence-corrected chi connectivity index (χ3v) is 6.40. The normalized spacial score (nSPS) is 17.4. The van der Waals surface area contributed by atoms with Crippen LogP contribution in [0.5, 0.6) is 0 Å². The first-order valence-corrected chi connectivity index (χ1v) is 11.1. The zero-order chi connectivity index (χ0) is 23.3. The maximum absolute atomic E-state index is 13.0. The van der Waals surface area contributed by atoms with Crippen LogP contribution in [0.1, 0.15) is 45.7 Å². The number of hydrogen-bond donors (Lipinski definition) is 1. The van der Waals surface area contributed by atoms with E-state index in [1.54, 1.807) is 10.7 Å². The number of nitrogens with zero attached hydrogens (tertiary/aromatic N) is 5. The van der Waals surface area contributed by atoms with Crippen molar-refractivity contribution in [3.63, 3.8) is 0 Å². The summed E-state index contributed by atoms with van der Waals surface area (Å²) in [5.41, 5.74) is 6.57. The molecule has 0 saturated heterocycles. The van der Waals surface area contributed by atoms with Crippen LogP contribution in [0, 0.1) is 13.8 Å². The minimum atomic E-state index is -2.66. The van der Waals surface area contributed by atoms with E-state index in [0.29, 0.717) is 12.1 Å². The molecule has 1 amide bonds. The van der Waals surface area contributed by atoms with E-state index in [1.165, 1.54) is 6.20 Å². The molecule has 0 radical (unpaired) electrons. The summed E-state index contributed by atoms with van der Waals surface area (Å²) in [6, 6.07) is 3.47. The summed E-state index contributed by atoms with van der Waals surface area (Å²) in [4.78, 5) is 23.9. The number of aromatic nitrogens is 4. The predicted octanol–water partition coefficient (Wildman–Crippen LogP) is 3.58. The number of fused-ring (bicyclic) bond motifs is 1. The molecule has 4 heterocycles. The Morgan fingerprint density at radius 3 is 2.64 bits per heavy atom. The van der Waals surface area contributed by atoms with E-state index in [9.17, 15) is 13.6 Å². The number of carbonyl (C=O) groups excluding carboxylic acids is 1. The number of amides is 1. The van der Waals surface area contributed by atoms with Crippen LogP contribution in [0.2, 0.25) is 0 Å². The lowest BCUT2D eigenvalue weighted by atomic mass is 9.88. The SMILES string of the molecule is Cc1cc(C(=O)NC2CC(F)(F)C2)cnc1N1CCc2ncc(-c3cn(C)nc3C)cc2C1. The second-order valence-electron chi connectivity index (χ2n) is 9.10. The topological polar surface area (TPSA) is 75.9 Å². The molecule has 1 fully saturated rings. The summed E-state index contributed by atoms with van der Waals surface area (Å²) in [5.74, 6) is -2.21. The van der Waals surface area contributed by atoms with Crippen LogP contribution in [-0.4, -0.2) is 44.2 Å². The third kappa shape index (κ3) is 4.19. The molecule has 3 aromatic rings. The molecule has 1 aliphatic carbocycles. The highest BCUT2D eigenvalue weighted by atomic mass is 19.3. The fourth-order valence-electron chi connectivity index (χ4n) is 4.69. The number of hydrogen-bond acceptors (Lipinski definition) is 5. The van der Waals surface area contributed by atoms with Crippen LogP contribution < -0.4 is 10.2 Å². The summed E-state index contributed by atoms with van der Waals surface area (Å²) in [5, 5.41) is 7.10. The van der Waals surface area contributed by atoms with E-state index in [2.05, 4.69) is 26.4 Å². The molecule has 0 spiro atoms. The maximum atomic E-state index is 13.0. The summed E-state index contributed by atoms with van der Waals surface area (Å²) >= 11 is 0. The molecule has 0 bridgehead atoms. The largest absolute Gasteiger partial charge is 0.352 e. The van der Waals surface area contributed by atoms with E-state index in [4.69, 9.17) is 4.98 Å². The quantitative estimate of drug-likeness (QED) is 0.655. The lowest BCUT2D eigenvalue weighted by molar-refractivity contribution is -0.0901. The van der Waals surface area contributed by atoms with Crippen LogP contribution in [0.3, 0.4) is 0 Å². The Labute approximate surface area is 190 Å². The molecule has 5 rings (SSSR count). The molecular weight excluding hydrogens is 426 g/mol. The van der Waals surface area contributed by atoms with Crippen molar-refractivity contribution in [2.45, 2.75) is 51.6 Å². The minimum absolute atomic E-state index is 0.301. The summed E-state index contributed by atoms with van der Waals surface area (Å²) in [7, 11) is 1.91. The number of rotatable bonds is 4. The Morgan fingerprint density at radius 2 is 1.97 bits per heavy atom. The van der Waals surface area contributed by atoms with Gasteiger partial charge in [-0.15, -0.1) is 0 Å². The molecule has 2 aliphatic rings. The lowest BCUT2D eigenvalue weighted by Gasteiger charge is -2.35. The van der Waals surface area contributed by atoms with Gasteiger partial charge in [0.1, 0.15) is 5.82 Å². The molecule has 172 valence electrons. The summed E-state index contributed by atoms with van der Waals surface area (Å²) < 4.78 is 27.9. The molecule has 3 aromatic heterocycles. The van der Waals surface area contributed by atoms with Gasteiger partial charge in [-0.2, -0.15) is 5.10 Å². The monoisotopic (exact) mass is 452 g/mol. The van der Waals surface area contributed by atoms with Crippen molar-refractivity contribution in [1.82, 2.24) is 25.1 Å². The van der Waals surface area contributed by atoms with E-state index in [1.807, 2.05) is 33.3 Å². The first-order chi connectivity index (χ1) is 15.7. The maximum Gasteiger partial charge on any atom is 0.253 e. The highest BCUT2D eigenvalue weighted by Gasteiger charge is 2.46. The number of pyridine rings is 2. The van der Waals surface area contributed by atoms with Crippen molar-refractivity contribution in [2.24, 2.45) is 7.05 Å². The van der Waals surface area contributed by atoms with E-state index in [-0.39, 0.29) is 18.7 Å². The lowest BCUT2D eigenvalue weighted by Crippen LogP contribution is -2.50. The van der Waals surface area contributed by atoms with E-state index >= 15 is 0 Å². The first kappa shape index (κ1) is 21.5.